The van der Waals surface area contributed by atoms with E-state index in [0.717, 1.165) is 24.9 Å². The van der Waals surface area contributed by atoms with Crippen molar-refractivity contribution < 1.29 is 22.0 Å². The van der Waals surface area contributed by atoms with Gasteiger partial charge in [-0.1, -0.05) is 18.2 Å². The van der Waals surface area contributed by atoms with Crippen LogP contribution in [0.5, 0.6) is 0 Å². The van der Waals surface area contributed by atoms with E-state index in [9.17, 15) is 22.0 Å². The van der Waals surface area contributed by atoms with Gasteiger partial charge in [0.05, 0.1) is 16.9 Å². The van der Waals surface area contributed by atoms with Crippen molar-refractivity contribution in [3.63, 3.8) is 0 Å². The number of halogens is 2. The lowest BCUT2D eigenvalue weighted by molar-refractivity contribution is -0.124. The van der Waals surface area contributed by atoms with Gasteiger partial charge in [0.25, 0.3) is 0 Å². The first kappa shape index (κ1) is 19.4. The van der Waals surface area contributed by atoms with E-state index in [1.54, 1.807) is 12.1 Å². The maximum absolute atomic E-state index is 13.8. The van der Waals surface area contributed by atoms with E-state index in [-0.39, 0.29) is 16.7 Å². The second-order valence-electron chi connectivity index (χ2n) is 6.65. The van der Waals surface area contributed by atoms with Gasteiger partial charge in [0.1, 0.15) is 0 Å². The van der Waals surface area contributed by atoms with E-state index in [1.807, 2.05) is 0 Å². The van der Waals surface area contributed by atoms with E-state index in [0.29, 0.717) is 24.1 Å². The van der Waals surface area contributed by atoms with Crippen LogP contribution in [0, 0.1) is 17.6 Å². The highest BCUT2D eigenvalue weighted by atomic mass is 32.2. The Balaban J connectivity index is 2.01. The molecule has 0 radical (unpaired) electrons. The summed E-state index contributed by atoms with van der Waals surface area (Å²) in [5, 5.41) is 5.96. The second kappa shape index (κ2) is 7.74. The predicted octanol–water partition coefficient (Wildman–Crippen LogP) is 2.18. The van der Waals surface area contributed by atoms with Gasteiger partial charge in [0.15, 0.2) is 21.5 Å². The van der Waals surface area contributed by atoms with Gasteiger partial charge >= 0.3 is 0 Å². The zero-order chi connectivity index (χ0) is 19.6. The Morgan fingerprint density at radius 2 is 1.89 bits per heavy atom. The van der Waals surface area contributed by atoms with E-state index >= 15 is 0 Å². The summed E-state index contributed by atoms with van der Waals surface area (Å²) >= 11 is 0. The van der Waals surface area contributed by atoms with E-state index < -0.39 is 27.5 Å². The average molecular weight is 394 g/mol. The standard InChI is InChI=1S/C19H20F2N2O3S/c1-27(25,26)15-4-2-3-12(9-15)18(13-5-6-16(20)17(21)10-13)23-19(24)14-7-8-22-11-14/h2-6,9-10,14,18,22H,7-8,11H2,1H3,(H,23,24). The molecule has 2 aromatic carbocycles. The van der Waals surface area contributed by atoms with Crippen molar-refractivity contribution in [1.82, 2.24) is 10.6 Å². The lowest BCUT2D eigenvalue weighted by Crippen LogP contribution is -2.35. The number of nitrogens with one attached hydrogen (secondary N) is 2. The number of sulfone groups is 1. The van der Waals surface area contributed by atoms with Crippen LogP contribution in [-0.2, 0) is 14.6 Å². The van der Waals surface area contributed by atoms with Gasteiger partial charge in [-0.3, -0.25) is 4.79 Å². The van der Waals surface area contributed by atoms with E-state index in [4.69, 9.17) is 0 Å². The molecular formula is C19H20F2N2O3S. The van der Waals surface area contributed by atoms with Crippen LogP contribution in [0.15, 0.2) is 47.4 Å². The average Bonchev–Trinajstić information content (AvgIpc) is 3.16. The summed E-state index contributed by atoms with van der Waals surface area (Å²) in [6.07, 6.45) is 1.77. The minimum atomic E-state index is -3.46. The van der Waals surface area contributed by atoms with Crippen LogP contribution in [0.2, 0.25) is 0 Å². The summed E-state index contributed by atoms with van der Waals surface area (Å²) in [5.74, 6) is -2.47. The normalized spacial score (nSPS) is 18.3. The fourth-order valence-electron chi connectivity index (χ4n) is 3.11. The lowest BCUT2D eigenvalue weighted by atomic mass is 9.97. The predicted molar refractivity (Wildman–Crippen MR) is 96.9 cm³/mol. The summed E-state index contributed by atoms with van der Waals surface area (Å²) < 4.78 is 50.9. The molecule has 5 nitrogen and oxygen atoms in total. The SMILES string of the molecule is CS(=O)(=O)c1cccc(C(NC(=O)C2CCNC2)c2ccc(F)c(F)c2)c1. The Morgan fingerprint density at radius 3 is 2.52 bits per heavy atom. The maximum atomic E-state index is 13.8. The van der Waals surface area contributed by atoms with Crippen molar-refractivity contribution >= 4 is 15.7 Å². The molecule has 1 heterocycles. The molecule has 1 aliphatic heterocycles. The zero-order valence-electron chi connectivity index (χ0n) is 14.7. The molecule has 0 saturated carbocycles. The van der Waals surface area contributed by atoms with Crippen molar-refractivity contribution in [2.75, 3.05) is 19.3 Å². The molecule has 1 saturated heterocycles. The molecule has 0 spiro atoms. The molecule has 2 aromatic rings. The van der Waals surface area contributed by atoms with Crippen molar-refractivity contribution in [1.29, 1.82) is 0 Å². The highest BCUT2D eigenvalue weighted by molar-refractivity contribution is 7.90. The molecule has 0 aromatic heterocycles. The van der Waals surface area contributed by atoms with Crippen LogP contribution in [0.1, 0.15) is 23.6 Å². The molecule has 2 unspecified atom stereocenters. The summed E-state index contributed by atoms with van der Waals surface area (Å²) in [6, 6.07) is 8.67. The number of amides is 1. The molecule has 144 valence electrons. The van der Waals surface area contributed by atoms with Crippen LogP contribution in [0.25, 0.3) is 0 Å². The first-order chi connectivity index (χ1) is 12.8. The Bertz CT molecular complexity index is 957. The Labute approximate surface area is 156 Å². The monoisotopic (exact) mass is 394 g/mol. The number of rotatable bonds is 5. The second-order valence-corrected chi connectivity index (χ2v) is 8.67. The molecule has 27 heavy (non-hydrogen) atoms. The quantitative estimate of drug-likeness (QED) is 0.815. The van der Waals surface area contributed by atoms with Gasteiger partial charge in [-0.15, -0.1) is 0 Å². The number of hydrogen-bond donors (Lipinski definition) is 2. The number of carbonyl (C=O) groups excluding carboxylic acids is 1. The molecule has 8 heteroatoms. The third-order valence-electron chi connectivity index (χ3n) is 4.61. The van der Waals surface area contributed by atoms with Crippen LogP contribution in [0.3, 0.4) is 0 Å². The summed E-state index contributed by atoms with van der Waals surface area (Å²) in [6.45, 7) is 1.28. The maximum Gasteiger partial charge on any atom is 0.225 e. The third kappa shape index (κ3) is 4.51. The van der Waals surface area contributed by atoms with Gasteiger partial charge in [-0.05, 0) is 48.4 Å². The smallest absolute Gasteiger partial charge is 0.225 e. The zero-order valence-corrected chi connectivity index (χ0v) is 15.5. The number of carbonyl (C=O) groups is 1. The first-order valence-corrected chi connectivity index (χ1v) is 10.4. The topological polar surface area (TPSA) is 75.3 Å². The minimum Gasteiger partial charge on any atom is -0.345 e. The molecule has 1 fully saturated rings. The van der Waals surface area contributed by atoms with Gasteiger partial charge in [0.2, 0.25) is 5.91 Å². The fourth-order valence-corrected chi connectivity index (χ4v) is 3.79. The van der Waals surface area contributed by atoms with E-state index in [1.165, 1.54) is 18.2 Å². The molecule has 2 N–H and O–H groups in total. The van der Waals surface area contributed by atoms with Gasteiger partial charge in [-0.2, -0.15) is 0 Å². The highest BCUT2D eigenvalue weighted by Gasteiger charge is 2.26. The summed E-state index contributed by atoms with van der Waals surface area (Å²) in [5.41, 5.74) is 0.807. The Hall–Kier alpha value is -2.32. The van der Waals surface area contributed by atoms with Crippen molar-refractivity contribution in [3.8, 4) is 0 Å². The Kier molecular flexibility index (Phi) is 5.57. The van der Waals surface area contributed by atoms with Crippen molar-refractivity contribution in [2.24, 2.45) is 5.92 Å². The molecule has 0 bridgehead atoms. The highest BCUT2D eigenvalue weighted by Crippen LogP contribution is 2.26. The molecule has 2 atom stereocenters. The van der Waals surface area contributed by atoms with Gasteiger partial charge < -0.3 is 10.6 Å². The van der Waals surface area contributed by atoms with Crippen molar-refractivity contribution in [3.05, 3.63) is 65.2 Å². The lowest BCUT2D eigenvalue weighted by Gasteiger charge is -2.22. The number of benzene rings is 2. The Morgan fingerprint density at radius 1 is 1.15 bits per heavy atom. The van der Waals surface area contributed by atoms with Crippen LogP contribution >= 0.6 is 0 Å². The van der Waals surface area contributed by atoms with Crippen LogP contribution in [-0.4, -0.2) is 33.7 Å². The van der Waals surface area contributed by atoms with Crippen LogP contribution in [0.4, 0.5) is 8.78 Å². The van der Waals surface area contributed by atoms with Gasteiger partial charge in [0, 0.05) is 12.8 Å². The summed E-state index contributed by atoms with van der Waals surface area (Å²) in [7, 11) is -3.46. The number of hydrogen-bond acceptors (Lipinski definition) is 4. The molecule has 3 rings (SSSR count). The minimum absolute atomic E-state index is 0.0874. The van der Waals surface area contributed by atoms with E-state index in [2.05, 4.69) is 10.6 Å². The molecule has 1 amide bonds. The largest absolute Gasteiger partial charge is 0.345 e. The first-order valence-electron chi connectivity index (χ1n) is 8.52. The third-order valence-corrected chi connectivity index (χ3v) is 5.72. The van der Waals surface area contributed by atoms with Crippen LogP contribution < -0.4 is 10.6 Å². The molecule has 1 aliphatic rings. The summed E-state index contributed by atoms with van der Waals surface area (Å²) in [4.78, 5) is 12.7. The molecule has 0 aliphatic carbocycles. The molecular weight excluding hydrogens is 374 g/mol. The van der Waals surface area contributed by atoms with Gasteiger partial charge in [-0.25, -0.2) is 17.2 Å². The fraction of sp³-hybridized carbons (Fsp3) is 0.316. The van der Waals surface area contributed by atoms with Crippen molar-refractivity contribution in [2.45, 2.75) is 17.4 Å².